The van der Waals surface area contributed by atoms with Gasteiger partial charge < -0.3 is 10.0 Å². The highest BCUT2D eigenvalue weighted by molar-refractivity contribution is 6.01. The number of hydrogen-bond acceptors (Lipinski definition) is 2. The Morgan fingerprint density at radius 1 is 1.00 bits per heavy atom. The summed E-state index contributed by atoms with van der Waals surface area (Å²) in [5.74, 6) is -1.27. The lowest BCUT2D eigenvalue weighted by atomic mass is 9.68. The molecule has 1 amide bonds. The Balaban J connectivity index is 1.67. The third kappa shape index (κ3) is 2.72. The van der Waals surface area contributed by atoms with Gasteiger partial charge in [0.1, 0.15) is 0 Å². The van der Waals surface area contributed by atoms with Gasteiger partial charge in [0.05, 0.1) is 17.5 Å². The second-order valence-corrected chi connectivity index (χ2v) is 10.4. The Bertz CT molecular complexity index is 926. The molecule has 30 heavy (non-hydrogen) atoms. The minimum Gasteiger partial charge on any atom is -0.481 e. The van der Waals surface area contributed by atoms with Crippen molar-refractivity contribution in [2.24, 2.45) is 23.7 Å². The number of aryl methyl sites for hydroxylation is 2. The molecule has 3 aliphatic carbocycles. The standard InChI is InChI=1S/C26H33NO3/c1-15-7-8-16(2)23-20(15)17(3)14-26(11-5-4-6-12-26)27(23)24(28)21-18-9-10-19(13-18)22(21)25(29)30/h7-10,17-19,21-22H,4-6,11-14H2,1-3H3,(H,29,30). The number of anilines is 1. The summed E-state index contributed by atoms with van der Waals surface area (Å²) in [7, 11) is 0. The second-order valence-electron chi connectivity index (χ2n) is 10.4. The largest absolute Gasteiger partial charge is 0.481 e. The van der Waals surface area contributed by atoms with Crippen molar-refractivity contribution in [1.82, 2.24) is 0 Å². The highest BCUT2D eigenvalue weighted by Gasteiger charge is 2.56. The predicted octanol–water partition coefficient (Wildman–Crippen LogP) is 5.37. The van der Waals surface area contributed by atoms with Gasteiger partial charge in [-0.25, -0.2) is 0 Å². The van der Waals surface area contributed by atoms with Crippen molar-refractivity contribution < 1.29 is 14.7 Å². The number of amides is 1. The molecule has 1 heterocycles. The number of fused-ring (bicyclic) bond motifs is 3. The van der Waals surface area contributed by atoms with E-state index in [1.807, 2.05) is 6.08 Å². The number of allylic oxidation sites excluding steroid dienone is 2. The van der Waals surface area contributed by atoms with Crippen molar-refractivity contribution in [1.29, 1.82) is 0 Å². The Morgan fingerprint density at radius 2 is 1.63 bits per heavy atom. The smallest absolute Gasteiger partial charge is 0.307 e. The minimum atomic E-state index is -0.811. The van der Waals surface area contributed by atoms with Crippen LogP contribution in [-0.2, 0) is 9.59 Å². The maximum absolute atomic E-state index is 14.3. The molecule has 2 fully saturated rings. The first-order chi connectivity index (χ1) is 14.3. The van der Waals surface area contributed by atoms with Gasteiger partial charge in [0.25, 0.3) is 0 Å². The first-order valence-electron chi connectivity index (χ1n) is 11.7. The molecule has 1 spiro atoms. The molecule has 2 saturated carbocycles. The van der Waals surface area contributed by atoms with Crippen molar-refractivity contribution in [3.05, 3.63) is 41.0 Å². The summed E-state index contributed by atoms with van der Waals surface area (Å²) in [5, 5.41) is 9.99. The van der Waals surface area contributed by atoms with E-state index in [0.717, 1.165) is 49.8 Å². The summed E-state index contributed by atoms with van der Waals surface area (Å²) in [6.07, 6.45) is 11.5. The summed E-state index contributed by atoms with van der Waals surface area (Å²) in [5.41, 5.74) is 4.62. The zero-order chi connectivity index (χ0) is 21.2. The Kier molecular flexibility index (Phi) is 4.61. The van der Waals surface area contributed by atoms with Gasteiger partial charge in [0.15, 0.2) is 0 Å². The van der Waals surface area contributed by atoms with Crippen LogP contribution >= 0.6 is 0 Å². The van der Waals surface area contributed by atoms with Crippen LogP contribution in [-0.4, -0.2) is 22.5 Å². The van der Waals surface area contributed by atoms with Crippen molar-refractivity contribution in [2.75, 3.05) is 4.90 Å². The van der Waals surface area contributed by atoms with E-state index in [4.69, 9.17) is 0 Å². The third-order valence-electron chi connectivity index (χ3n) is 8.55. The van der Waals surface area contributed by atoms with Crippen LogP contribution in [0.5, 0.6) is 0 Å². The van der Waals surface area contributed by atoms with Crippen LogP contribution in [0.15, 0.2) is 24.3 Å². The van der Waals surface area contributed by atoms with Crippen LogP contribution in [0.3, 0.4) is 0 Å². The van der Waals surface area contributed by atoms with Gasteiger partial charge in [-0.3, -0.25) is 9.59 Å². The molecule has 1 aromatic rings. The van der Waals surface area contributed by atoms with Crippen LogP contribution in [0, 0.1) is 37.5 Å². The molecule has 1 N–H and O–H groups in total. The van der Waals surface area contributed by atoms with Crippen molar-refractivity contribution >= 4 is 17.6 Å². The third-order valence-corrected chi connectivity index (χ3v) is 8.55. The topological polar surface area (TPSA) is 57.6 Å². The van der Waals surface area contributed by atoms with E-state index in [1.165, 1.54) is 17.5 Å². The lowest BCUT2D eigenvalue weighted by Crippen LogP contribution is -2.59. The van der Waals surface area contributed by atoms with Gasteiger partial charge in [0, 0.05) is 5.54 Å². The zero-order valence-electron chi connectivity index (χ0n) is 18.4. The lowest BCUT2D eigenvalue weighted by molar-refractivity contribution is -0.147. The summed E-state index contributed by atoms with van der Waals surface area (Å²) < 4.78 is 0. The fourth-order valence-corrected chi connectivity index (χ4v) is 7.36. The Hall–Kier alpha value is -2.10. The van der Waals surface area contributed by atoms with Crippen molar-refractivity contribution in [3.8, 4) is 0 Å². The van der Waals surface area contributed by atoms with Crippen LogP contribution < -0.4 is 4.90 Å². The first kappa shape index (κ1) is 19.8. The summed E-state index contributed by atoms with van der Waals surface area (Å²) in [6.45, 7) is 6.57. The average Bonchev–Trinajstić information content (AvgIpc) is 3.32. The van der Waals surface area contributed by atoms with Gasteiger partial charge in [-0.15, -0.1) is 0 Å². The van der Waals surface area contributed by atoms with Crippen molar-refractivity contribution in [2.45, 2.75) is 77.2 Å². The van der Waals surface area contributed by atoms with Crippen LogP contribution in [0.4, 0.5) is 5.69 Å². The molecule has 4 aliphatic rings. The Labute approximate surface area is 179 Å². The SMILES string of the molecule is Cc1ccc(C)c2c1C(C)CC1(CCCCC1)N2C(=O)C1C2C=CC(C2)C1C(=O)O. The fraction of sp³-hybridized carbons (Fsp3) is 0.615. The normalized spacial score (nSPS) is 33.7. The van der Waals surface area contributed by atoms with E-state index in [0.29, 0.717) is 5.92 Å². The molecule has 0 saturated heterocycles. The maximum Gasteiger partial charge on any atom is 0.307 e. The summed E-state index contributed by atoms with van der Waals surface area (Å²) in [4.78, 5) is 28.7. The van der Waals surface area contributed by atoms with Crippen molar-refractivity contribution in [3.63, 3.8) is 0 Å². The predicted molar refractivity (Wildman–Crippen MR) is 118 cm³/mol. The Morgan fingerprint density at radius 3 is 2.30 bits per heavy atom. The highest BCUT2D eigenvalue weighted by Crippen LogP contribution is 2.55. The lowest BCUT2D eigenvalue weighted by Gasteiger charge is -2.54. The monoisotopic (exact) mass is 407 g/mol. The van der Waals surface area contributed by atoms with Gasteiger partial charge in [-0.1, -0.05) is 50.5 Å². The minimum absolute atomic E-state index is 0.00514. The van der Waals surface area contributed by atoms with E-state index in [-0.39, 0.29) is 23.3 Å². The van der Waals surface area contributed by atoms with E-state index in [2.05, 4.69) is 43.9 Å². The van der Waals surface area contributed by atoms with Crippen LogP contribution in [0.2, 0.25) is 0 Å². The second kappa shape index (κ2) is 6.96. The first-order valence-corrected chi connectivity index (χ1v) is 11.7. The molecule has 1 aliphatic heterocycles. The summed E-state index contributed by atoms with van der Waals surface area (Å²) in [6, 6.07) is 4.31. The molecule has 1 aromatic carbocycles. The van der Waals surface area contributed by atoms with E-state index in [1.54, 1.807) is 0 Å². The fourth-order valence-electron chi connectivity index (χ4n) is 7.36. The molecular weight excluding hydrogens is 374 g/mol. The number of benzene rings is 1. The van der Waals surface area contributed by atoms with Crippen LogP contribution in [0.25, 0.3) is 0 Å². The number of hydrogen-bond donors (Lipinski definition) is 1. The van der Waals surface area contributed by atoms with Gasteiger partial charge >= 0.3 is 5.97 Å². The number of carboxylic acids is 1. The summed E-state index contributed by atoms with van der Waals surface area (Å²) >= 11 is 0. The number of rotatable bonds is 2. The van der Waals surface area contributed by atoms with Gasteiger partial charge in [-0.2, -0.15) is 0 Å². The molecule has 0 aromatic heterocycles. The van der Waals surface area contributed by atoms with E-state index >= 15 is 0 Å². The molecule has 4 heteroatoms. The molecule has 0 radical (unpaired) electrons. The number of carbonyl (C=O) groups excluding carboxylic acids is 1. The maximum atomic E-state index is 14.3. The van der Waals surface area contributed by atoms with E-state index in [9.17, 15) is 14.7 Å². The number of nitrogens with zero attached hydrogens (tertiary/aromatic N) is 1. The number of aliphatic carboxylic acids is 1. The zero-order valence-corrected chi connectivity index (χ0v) is 18.4. The van der Waals surface area contributed by atoms with Gasteiger partial charge in [0.2, 0.25) is 5.91 Å². The quantitative estimate of drug-likeness (QED) is 0.671. The molecular formula is C26H33NO3. The van der Waals surface area contributed by atoms with E-state index < -0.39 is 17.8 Å². The van der Waals surface area contributed by atoms with Gasteiger partial charge in [-0.05, 0) is 74.0 Å². The molecule has 160 valence electrons. The molecule has 5 atom stereocenters. The number of carbonyl (C=O) groups is 2. The molecule has 4 nitrogen and oxygen atoms in total. The van der Waals surface area contributed by atoms with Crippen LogP contribution in [0.1, 0.15) is 74.5 Å². The molecule has 2 bridgehead atoms. The molecule has 5 unspecified atom stereocenters. The number of carboxylic acid groups (broad SMARTS) is 1. The molecule has 5 rings (SSSR count). The average molecular weight is 408 g/mol. The highest BCUT2D eigenvalue weighted by atomic mass is 16.4.